The number of hydrogen-bond donors (Lipinski definition) is 0. The van der Waals surface area contributed by atoms with Crippen LogP contribution in [-0.2, 0) is 4.79 Å². The first kappa shape index (κ1) is 16.4. The van der Waals surface area contributed by atoms with Gasteiger partial charge in [0.1, 0.15) is 0 Å². The highest BCUT2D eigenvalue weighted by Gasteiger charge is 2.23. The number of piperidine rings is 1. The zero-order valence-electron chi connectivity index (χ0n) is 13.7. The molecule has 0 saturated carbocycles. The number of carbonyl (C=O) groups is 1. The van der Waals surface area contributed by atoms with E-state index in [-0.39, 0.29) is 5.91 Å². The molecule has 1 fully saturated rings. The molecule has 1 aromatic carbocycles. The standard InChI is InChI=1S/C18H25NO3/c1-4-15-7-5-6-12-19(15)18(20)11-9-14-8-10-16(21-2)17(13-14)22-3/h8-11,13,15H,4-7,12H2,1-3H3/b11-9+. The minimum Gasteiger partial charge on any atom is -0.493 e. The molecule has 1 amide bonds. The van der Waals surface area contributed by atoms with Crippen molar-refractivity contribution in [1.82, 2.24) is 4.90 Å². The molecule has 1 saturated heterocycles. The number of likely N-dealkylation sites (tertiary alicyclic amines) is 1. The van der Waals surface area contributed by atoms with Gasteiger partial charge in [0.15, 0.2) is 11.5 Å². The first-order valence-corrected chi connectivity index (χ1v) is 7.90. The van der Waals surface area contributed by atoms with Crippen LogP contribution in [0.25, 0.3) is 6.08 Å². The average Bonchev–Trinajstić information content (AvgIpc) is 2.59. The van der Waals surface area contributed by atoms with E-state index in [9.17, 15) is 4.79 Å². The maximum atomic E-state index is 12.4. The molecule has 2 rings (SSSR count). The quantitative estimate of drug-likeness (QED) is 0.781. The van der Waals surface area contributed by atoms with Crippen LogP contribution in [0.3, 0.4) is 0 Å². The van der Waals surface area contributed by atoms with Crippen molar-refractivity contribution < 1.29 is 14.3 Å². The minimum absolute atomic E-state index is 0.0985. The van der Waals surface area contributed by atoms with Crippen LogP contribution in [0.2, 0.25) is 0 Å². The average molecular weight is 303 g/mol. The Labute approximate surface area is 132 Å². The molecule has 0 N–H and O–H groups in total. The van der Waals surface area contributed by atoms with Gasteiger partial charge in [0.25, 0.3) is 0 Å². The van der Waals surface area contributed by atoms with E-state index >= 15 is 0 Å². The lowest BCUT2D eigenvalue weighted by Crippen LogP contribution is -2.42. The van der Waals surface area contributed by atoms with Crippen LogP contribution in [0.5, 0.6) is 11.5 Å². The molecule has 120 valence electrons. The summed E-state index contributed by atoms with van der Waals surface area (Å²) in [6, 6.07) is 6.02. The van der Waals surface area contributed by atoms with Crippen LogP contribution in [0.4, 0.5) is 0 Å². The Morgan fingerprint density at radius 3 is 2.73 bits per heavy atom. The van der Waals surface area contributed by atoms with Crippen LogP contribution in [0.1, 0.15) is 38.2 Å². The molecule has 0 spiro atoms. The third-order valence-electron chi connectivity index (χ3n) is 4.21. The molecule has 1 aromatic rings. The van der Waals surface area contributed by atoms with Gasteiger partial charge in [-0.25, -0.2) is 0 Å². The van der Waals surface area contributed by atoms with Gasteiger partial charge in [-0.1, -0.05) is 13.0 Å². The summed E-state index contributed by atoms with van der Waals surface area (Å²) in [6.45, 7) is 3.02. The maximum Gasteiger partial charge on any atom is 0.246 e. The van der Waals surface area contributed by atoms with Crippen molar-refractivity contribution in [3.05, 3.63) is 29.8 Å². The van der Waals surface area contributed by atoms with E-state index in [1.54, 1.807) is 20.3 Å². The molecule has 1 heterocycles. The third kappa shape index (κ3) is 3.81. The van der Waals surface area contributed by atoms with Crippen LogP contribution in [0.15, 0.2) is 24.3 Å². The minimum atomic E-state index is 0.0985. The number of methoxy groups -OCH3 is 2. The molecule has 1 aliphatic heterocycles. The molecule has 4 nitrogen and oxygen atoms in total. The fourth-order valence-electron chi connectivity index (χ4n) is 2.93. The zero-order chi connectivity index (χ0) is 15.9. The summed E-state index contributed by atoms with van der Waals surface area (Å²) in [5.41, 5.74) is 0.927. The van der Waals surface area contributed by atoms with Gasteiger partial charge in [0, 0.05) is 18.7 Å². The van der Waals surface area contributed by atoms with E-state index in [4.69, 9.17) is 9.47 Å². The number of carbonyl (C=O) groups excluding carboxylic acids is 1. The first-order valence-electron chi connectivity index (χ1n) is 7.90. The van der Waals surface area contributed by atoms with Crippen molar-refractivity contribution in [2.24, 2.45) is 0 Å². The predicted molar refractivity (Wildman–Crippen MR) is 88.2 cm³/mol. The second kappa shape index (κ2) is 7.87. The number of amides is 1. The summed E-state index contributed by atoms with van der Waals surface area (Å²) in [5.74, 6) is 1.45. The second-order valence-electron chi connectivity index (χ2n) is 5.54. The van der Waals surface area contributed by atoms with Crippen LogP contribution < -0.4 is 9.47 Å². The molecule has 0 radical (unpaired) electrons. The Balaban J connectivity index is 2.08. The molecular formula is C18H25NO3. The number of ether oxygens (including phenoxy) is 2. The molecule has 22 heavy (non-hydrogen) atoms. The van der Waals surface area contributed by atoms with Gasteiger partial charge in [-0.15, -0.1) is 0 Å². The topological polar surface area (TPSA) is 38.8 Å². The Hall–Kier alpha value is -1.97. The SMILES string of the molecule is CCC1CCCCN1C(=O)/C=C/c1ccc(OC)c(OC)c1. The third-order valence-corrected chi connectivity index (χ3v) is 4.21. The van der Waals surface area contributed by atoms with Crippen molar-refractivity contribution in [1.29, 1.82) is 0 Å². The smallest absolute Gasteiger partial charge is 0.246 e. The van der Waals surface area contributed by atoms with Crippen molar-refractivity contribution in [3.63, 3.8) is 0 Å². The van der Waals surface area contributed by atoms with E-state index in [1.807, 2.05) is 29.2 Å². The summed E-state index contributed by atoms with van der Waals surface area (Å²) >= 11 is 0. The summed E-state index contributed by atoms with van der Waals surface area (Å²) in [5, 5.41) is 0. The summed E-state index contributed by atoms with van der Waals surface area (Å²) < 4.78 is 10.5. The highest BCUT2D eigenvalue weighted by atomic mass is 16.5. The first-order chi connectivity index (χ1) is 10.7. The normalized spacial score (nSPS) is 18.5. The summed E-state index contributed by atoms with van der Waals surface area (Å²) in [6.07, 6.45) is 7.97. The van der Waals surface area contributed by atoms with Crippen molar-refractivity contribution in [3.8, 4) is 11.5 Å². The summed E-state index contributed by atoms with van der Waals surface area (Å²) in [4.78, 5) is 14.4. The lowest BCUT2D eigenvalue weighted by molar-refractivity contribution is -0.129. The Morgan fingerprint density at radius 1 is 1.27 bits per heavy atom. The summed E-state index contributed by atoms with van der Waals surface area (Å²) in [7, 11) is 3.22. The second-order valence-corrected chi connectivity index (χ2v) is 5.54. The van der Waals surface area contributed by atoms with Crippen molar-refractivity contribution in [2.75, 3.05) is 20.8 Å². The van der Waals surface area contributed by atoms with E-state index in [0.29, 0.717) is 17.5 Å². The molecular weight excluding hydrogens is 278 g/mol. The Bertz CT molecular complexity index is 539. The van der Waals surface area contributed by atoms with Gasteiger partial charge < -0.3 is 14.4 Å². The van der Waals surface area contributed by atoms with Crippen LogP contribution in [-0.4, -0.2) is 37.6 Å². The molecule has 1 atom stereocenters. The lowest BCUT2D eigenvalue weighted by Gasteiger charge is -2.34. The lowest BCUT2D eigenvalue weighted by atomic mass is 10.00. The number of benzene rings is 1. The van der Waals surface area contributed by atoms with Crippen LogP contribution in [0, 0.1) is 0 Å². The van der Waals surface area contributed by atoms with Crippen LogP contribution >= 0.6 is 0 Å². The highest BCUT2D eigenvalue weighted by molar-refractivity contribution is 5.92. The van der Waals surface area contributed by atoms with E-state index in [0.717, 1.165) is 31.4 Å². The number of rotatable bonds is 5. The largest absolute Gasteiger partial charge is 0.493 e. The highest BCUT2D eigenvalue weighted by Crippen LogP contribution is 2.28. The maximum absolute atomic E-state index is 12.4. The van der Waals surface area contributed by atoms with Gasteiger partial charge in [-0.05, 0) is 49.5 Å². The van der Waals surface area contributed by atoms with E-state index < -0.39 is 0 Å². The zero-order valence-corrected chi connectivity index (χ0v) is 13.7. The van der Waals surface area contributed by atoms with Gasteiger partial charge in [0.05, 0.1) is 14.2 Å². The monoisotopic (exact) mass is 303 g/mol. The Kier molecular flexibility index (Phi) is 5.87. The van der Waals surface area contributed by atoms with Gasteiger partial charge >= 0.3 is 0 Å². The molecule has 0 aliphatic carbocycles. The van der Waals surface area contributed by atoms with Crippen molar-refractivity contribution >= 4 is 12.0 Å². The molecule has 4 heteroatoms. The fraction of sp³-hybridized carbons (Fsp3) is 0.500. The molecule has 1 aliphatic rings. The number of hydrogen-bond acceptors (Lipinski definition) is 3. The van der Waals surface area contributed by atoms with E-state index in [1.165, 1.54) is 6.42 Å². The van der Waals surface area contributed by atoms with Gasteiger partial charge in [0.2, 0.25) is 5.91 Å². The Morgan fingerprint density at radius 2 is 2.05 bits per heavy atom. The molecule has 0 bridgehead atoms. The fourth-order valence-corrected chi connectivity index (χ4v) is 2.93. The van der Waals surface area contributed by atoms with Gasteiger partial charge in [-0.2, -0.15) is 0 Å². The predicted octanol–water partition coefficient (Wildman–Crippen LogP) is 3.51. The number of nitrogens with zero attached hydrogens (tertiary/aromatic N) is 1. The molecule has 1 unspecified atom stereocenters. The van der Waals surface area contributed by atoms with E-state index in [2.05, 4.69) is 6.92 Å². The molecule has 0 aromatic heterocycles. The van der Waals surface area contributed by atoms with Crippen molar-refractivity contribution in [2.45, 2.75) is 38.6 Å². The van der Waals surface area contributed by atoms with Gasteiger partial charge in [-0.3, -0.25) is 4.79 Å².